The number of carbonyl (C=O) groups excluding carboxylic acids is 2. The van der Waals surface area contributed by atoms with Gasteiger partial charge in [-0.3, -0.25) is 9.59 Å². The summed E-state index contributed by atoms with van der Waals surface area (Å²) in [6.45, 7) is 1.93. The van der Waals surface area contributed by atoms with E-state index in [0.717, 1.165) is 11.1 Å². The number of hydrogen-bond acceptors (Lipinski definition) is 6. The molecule has 6 heteroatoms. The largest absolute Gasteiger partial charge is 0.493 e. The van der Waals surface area contributed by atoms with Crippen LogP contribution in [0.4, 0.5) is 0 Å². The molecule has 1 aromatic heterocycles. The molecule has 27 heavy (non-hydrogen) atoms. The van der Waals surface area contributed by atoms with E-state index in [1.807, 2.05) is 12.1 Å². The number of allylic oxidation sites excluding steroid dienone is 2. The molecule has 0 N–H and O–H groups in total. The van der Waals surface area contributed by atoms with Gasteiger partial charge in [-0.1, -0.05) is 12.1 Å². The van der Waals surface area contributed by atoms with Crippen LogP contribution in [0.2, 0.25) is 0 Å². The molecule has 0 radical (unpaired) electrons. The highest BCUT2D eigenvalue weighted by atomic mass is 16.5. The smallest absolute Gasteiger partial charge is 0.317 e. The van der Waals surface area contributed by atoms with Crippen LogP contribution in [0.25, 0.3) is 5.57 Å². The topological polar surface area (TPSA) is 75.0 Å². The molecular weight excluding hydrogens is 348 g/mol. The third-order valence-electron chi connectivity index (χ3n) is 4.68. The number of rotatable bonds is 6. The summed E-state index contributed by atoms with van der Waals surface area (Å²) in [4.78, 5) is 25.4. The third kappa shape index (κ3) is 3.60. The maximum Gasteiger partial charge on any atom is 0.317 e. The Morgan fingerprint density at radius 3 is 2.63 bits per heavy atom. The molecule has 0 saturated carbocycles. The number of ether oxygens (including phenoxy) is 3. The molecule has 2 unspecified atom stereocenters. The van der Waals surface area contributed by atoms with Gasteiger partial charge in [0.15, 0.2) is 17.3 Å². The van der Waals surface area contributed by atoms with Crippen LogP contribution in [-0.2, 0) is 14.3 Å². The van der Waals surface area contributed by atoms with E-state index in [0.29, 0.717) is 23.7 Å². The highest BCUT2D eigenvalue weighted by Crippen LogP contribution is 2.45. The van der Waals surface area contributed by atoms with Crippen molar-refractivity contribution in [3.8, 4) is 11.5 Å². The standard InChI is InChI=1S/C21H22O6/c1-4-26-21(23)19-15(14-7-5-8-18(24-2)20(14)25-3)11-13(12-16(19)22)17-9-6-10-27-17/h5-10,12,15,19H,4,11H2,1-3H3. The molecule has 3 rings (SSSR count). The molecular formula is C21H22O6. The zero-order valence-electron chi connectivity index (χ0n) is 15.6. The molecule has 0 amide bonds. The van der Waals surface area contributed by atoms with E-state index in [1.165, 1.54) is 13.2 Å². The molecule has 1 aliphatic carbocycles. The normalized spacial score (nSPS) is 19.4. The van der Waals surface area contributed by atoms with E-state index in [4.69, 9.17) is 18.6 Å². The average Bonchev–Trinajstić information content (AvgIpc) is 3.21. The summed E-state index contributed by atoms with van der Waals surface area (Å²) >= 11 is 0. The van der Waals surface area contributed by atoms with Gasteiger partial charge in [-0.25, -0.2) is 0 Å². The maximum absolute atomic E-state index is 12.9. The van der Waals surface area contributed by atoms with Crippen LogP contribution >= 0.6 is 0 Å². The number of furan rings is 1. The lowest BCUT2D eigenvalue weighted by Gasteiger charge is -2.30. The van der Waals surface area contributed by atoms with Crippen LogP contribution in [0, 0.1) is 5.92 Å². The lowest BCUT2D eigenvalue weighted by Crippen LogP contribution is -2.34. The van der Waals surface area contributed by atoms with Crippen LogP contribution in [-0.4, -0.2) is 32.6 Å². The minimum Gasteiger partial charge on any atom is -0.493 e. The molecule has 1 heterocycles. The summed E-state index contributed by atoms with van der Waals surface area (Å²) < 4.78 is 21.5. The quantitative estimate of drug-likeness (QED) is 0.571. The van der Waals surface area contributed by atoms with Crippen molar-refractivity contribution in [1.82, 2.24) is 0 Å². The Balaban J connectivity index is 2.10. The minimum absolute atomic E-state index is 0.208. The first-order valence-corrected chi connectivity index (χ1v) is 8.76. The Morgan fingerprint density at radius 2 is 2.00 bits per heavy atom. The number of methoxy groups -OCH3 is 2. The van der Waals surface area contributed by atoms with Crippen molar-refractivity contribution in [3.05, 3.63) is 54.0 Å². The summed E-state index contributed by atoms with van der Waals surface area (Å²) in [7, 11) is 3.08. The fourth-order valence-electron chi connectivity index (χ4n) is 3.51. The second kappa shape index (κ2) is 8.12. The molecule has 0 spiro atoms. The van der Waals surface area contributed by atoms with E-state index in [9.17, 15) is 9.59 Å². The molecule has 0 saturated heterocycles. The highest BCUT2D eigenvalue weighted by molar-refractivity contribution is 6.10. The van der Waals surface area contributed by atoms with Gasteiger partial charge in [0.1, 0.15) is 11.7 Å². The van der Waals surface area contributed by atoms with Gasteiger partial charge in [0.25, 0.3) is 0 Å². The lowest BCUT2D eigenvalue weighted by atomic mass is 9.74. The molecule has 2 atom stereocenters. The first kappa shape index (κ1) is 18.8. The van der Waals surface area contributed by atoms with Gasteiger partial charge in [0, 0.05) is 11.5 Å². The van der Waals surface area contributed by atoms with E-state index >= 15 is 0 Å². The summed E-state index contributed by atoms with van der Waals surface area (Å²) in [6, 6.07) is 8.99. The van der Waals surface area contributed by atoms with Crippen molar-refractivity contribution in [2.45, 2.75) is 19.3 Å². The summed E-state index contributed by atoms with van der Waals surface area (Å²) in [6.07, 6.45) is 3.47. The van der Waals surface area contributed by atoms with Crippen LogP contribution in [0.3, 0.4) is 0 Å². The van der Waals surface area contributed by atoms with Crippen LogP contribution in [0.1, 0.15) is 30.6 Å². The lowest BCUT2D eigenvalue weighted by molar-refractivity contribution is -0.151. The SMILES string of the molecule is CCOC(=O)C1C(=O)C=C(c2ccco2)CC1c1cccc(OC)c1OC. The predicted octanol–water partition coefficient (Wildman–Crippen LogP) is 3.62. The average molecular weight is 370 g/mol. The number of benzene rings is 1. The third-order valence-corrected chi connectivity index (χ3v) is 4.68. The molecule has 0 fully saturated rings. The van der Waals surface area contributed by atoms with Crippen molar-refractivity contribution in [2.75, 3.05) is 20.8 Å². The maximum atomic E-state index is 12.9. The number of esters is 1. The summed E-state index contributed by atoms with van der Waals surface area (Å²) in [5.41, 5.74) is 1.46. The molecule has 142 valence electrons. The van der Waals surface area contributed by atoms with Gasteiger partial charge in [0.05, 0.1) is 27.1 Å². The minimum atomic E-state index is -0.940. The Hall–Kier alpha value is -3.02. The fraction of sp³-hybridized carbons (Fsp3) is 0.333. The Labute approximate surface area is 157 Å². The van der Waals surface area contributed by atoms with Gasteiger partial charge >= 0.3 is 5.97 Å². The molecule has 0 bridgehead atoms. The number of carbonyl (C=O) groups is 2. The van der Waals surface area contributed by atoms with Crippen molar-refractivity contribution in [1.29, 1.82) is 0 Å². The predicted molar refractivity (Wildman–Crippen MR) is 98.7 cm³/mol. The van der Waals surface area contributed by atoms with Gasteiger partial charge in [-0.2, -0.15) is 0 Å². The monoisotopic (exact) mass is 370 g/mol. The van der Waals surface area contributed by atoms with E-state index in [-0.39, 0.29) is 12.4 Å². The first-order chi connectivity index (χ1) is 13.1. The van der Waals surface area contributed by atoms with Gasteiger partial charge in [-0.15, -0.1) is 0 Å². The highest BCUT2D eigenvalue weighted by Gasteiger charge is 2.41. The molecule has 1 aromatic carbocycles. The summed E-state index contributed by atoms with van der Waals surface area (Å²) in [5.74, 6) is -0.575. The number of para-hydroxylation sites is 1. The Bertz CT molecular complexity index is 850. The molecule has 1 aliphatic rings. The van der Waals surface area contributed by atoms with Crippen LogP contribution < -0.4 is 9.47 Å². The fourth-order valence-corrected chi connectivity index (χ4v) is 3.51. The van der Waals surface area contributed by atoms with E-state index < -0.39 is 17.8 Å². The summed E-state index contributed by atoms with van der Waals surface area (Å²) in [5, 5.41) is 0. The second-order valence-electron chi connectivity index (χ2n) is 6.17. The first-order valence-electron chi connectivity index (χ1n) is 8.76. The van der Waals surface area contributed by atoms with Crippen molar-refractivity contribution < 1.29 is 28.2 Å². The Morgan fingerprint density at radius 1 is 1.19 bits per heavy atom. The van der Waals surface area contributed by atoms with E-state index in [1.54, 1.807) is 38.5 Å². The zero-order chi connectivity index (χ0) is 19.4. The second-order valence-corrected chi connectivity index (χ2v) is 6.17. The van der Waals surface area contributed by atoms with Crippen LogP contribution in [0.5, 0.6) is 11.5 Å². The van der Waals surface area contributed by atoms with Gasteiger partial charge < -0.3 is 18.6 Å². The van der Waals surface area contributed by atoms with Gasteiger partial charge in [0.2, 0.25) is 0 Å². The Kier molecular flexibility index (Phi) is 5.64. The van der Waals surface area contributed by atoms with Crippen LogP contribution in [0.15, 0.2) is 47.1 Å². The van der Waals surface area contributed by atoms with Crippen molar-refractivity contribution in [2.24, 2.45) is 5.92 Å². The van der Waals surface area contributed by atoms with Gasteiger partial charge in [-0.05, 0) is 43.2 Å². The number of ketones is 1. The van der Waals surface area contributed by atoms with Crippen molar-refractivity contribution >= 4 is 17.3 Å². The van der Waals surface area contributed by atoms with E-state index in [2.05, 4.69) is 0 Å². The zero-order valence-corrected chi connectivity index (χ0v) is 15.6. The molecule has 6 nitrogen and oxygen atoms in total. The molecule has 2 aromatic rings. The molecule has 0 aliphatic heterocycles. The number of hydrogen-bond donors (Lipinski definition) is 0. The van der Waals surface area contributed by atoms with Crippen molar-refractivity contribution in [3.63, 3.8) is 0 Å².